The fourth-order valence-corrected chi connectivity index (χ4v) is 3.73. The molecule has 0 spiro atoms. The minimum absolute atomic E-state index is 0.0516. The van der Waals surface area contributed by atoms with Crippen LogP contribution < -0.4 is 4.72 Å². The average molecular weight is 350 g/mol. The molecule has 1 atom stereocenters. The predicted molar refractivity (Wildman–Crippen MR) is 69.7 cm³/mol. The molecule has 0 aliphatic heterocycles. The SMILES string of the molecule is CC(NS(=O)(=O)c1cc(CO)oc1Br)c1ncc[nH]1. The Bertz CT molecular complexity index is 650. The van der Waals surface area contributed by atoms with Crippen LogP contribution in [0.4, 0.5) is 0 Å². The first-order valence-electron chi connectivity index (χ1n) is 5.34. The molecule has 0 fully saturated rings. The number of halogens is 1. The predicted octanol–water partition coefficient (Wildman–Crippen LogP) is 1.30. The summed E-state index contributed by atoms with van der Waals surface area (Å²) in [5, 5.41) is 8.93. The smallest absolute Gasteiger partial charge is 0.245 e. The first-order valence-corrected chi connectivity index (χ1v) is 7.62. The molecule has 7 nitrogen and oxygen atoms in total. The lowest BCUT2D eigenvalue weighted by Gasteiger charge is -2.10. The van der Waals surface area contributed by atoms with Gasteiger partial charge in [0.15, 0.2) is 4.67 Å². The molecule has 2 heterocycles. The number of aromatic amines is 1. The molecule has 0 bridgehead atoms. The summed E-state index contributed by atoms with van der Waals surface area (Å²) in [6, 6.07) is 0.751. The van der Waals surface area contributed by atoms with Crippen molar-refractivity contribution in [1.82, 2.24) is 14.7 Å². The molecule has 0 saturated carbocycles. The van der Waals surface area contributed by atoms with Crippen molar-refractivity contribution >= 4 is 26.0 Å². The van der Waals surface area contributed by atoms with E-state index < -0.39 is 16.1 Å². The molecule has 0 radical (unpaired) electrons. The van der Waals surface area contributed by atoms with Gasteiger partial charge in [0.1, 0.15) is 23.1 Å². The van der Waals surface area contributed by atoms with Crippen molar-refractivity contribution in [3.05, 3.63) is 34.7 Å². The van der Waals surface area contributed by atoms with Crippen molar-refractivity contribution in [3.8, 4) is 0 Å². The van der Waals surface area contributed by atoms with Crippen molar-refractivity contribution < 1.29 is 17.9 Å². The number of aliphatic hydroxyl groups is 1. The number of furan rings is 1. The van der Waals surface area contributed by atoms with Gasteiger partial charge in [0, 0.05) is 18.5 Å². The van der Waals surface area contributed by atoms with Crippen LogP contribution in [-0.2, 0) is 16.6 Å². The molecule has 104 valence electrons. The second-order valence-corrected chi connectivity index (χ2v) is 6.23. The van der Waals surface area contributed by atoms with Crippen LogP contribution in [-0.4, -0.2) is 23.5 Å². The maximum atomic E-state index is 12.2. The zero-order valence-electron chi connectivity index (χ0n) is 9.92. The van der Waals surface area contributed by atoms with Crippen LogP contribution in [0.2, 0.25) is 0 Å². The molecule has 1 unspecified atom stereocenters. The van der Waals surface area contributed by atoms with E-state index in [0.717, 1.165) is 0 Å². The Morgan fingerprint density at radius 3 is 2.89 bits per heavy atom. The molecule has 2 rings (SSSR count). The summed E-state index contributed by atoms with van der Waals surface area (Å²) >= 11 is 3.01. The molecule has 0 aliphatic carbocycles. The van der Waals surface area contributed by atoms with Gasteiger partial charge in [-0.15, -0.1) is 0 Å². The summed E-state index contributed by atoms with van der Waals surface area (Å²) in [5.41, 5.74) is 0. The van der Waals surface area contributed by atoms with E-state index in [-0.39, 0.29) is 21.9 Å². The van der Waals surface area contributed by atoms with Gasteiger partial charge in [-0.1, -0.05) is 0 Å². The Hall–Kier alpha value is -1.16. The van der Waals surface area contributed by atoms with Gasteiger partial charge >= 0.3 is 0 Å². The third-order valence-corrected chi connectivity index (χ3v) is 4.81. The lowest BCUT2D eigenvalue weighted by atomic mass is 10.3. The Balaban J connectivity index is 2.25. The van der Waals surface area contributed by atoms with Crippen LogP contribution in [0.5, 0.6) is 0 Å². The Morgan fingerprint density at radius 1 is 1.63 bits per heavy atom. The normalized spacial score (nSPS) is 13.6. The lowest BCUT2D eigenvalue weighted by Crippen LogP contribution is -2.27. The van der Waals surface area contributed by atoms with E-state index in [4.69, 9.17) is 9.52 Å². The molecule has 0 aliphatic rings. The minimum atomic E-state index is -3.77. The summed E-state index contributed by atoms with van der Waals surface area (Å²) in [7, 11) is -3.77. The number of aromatic nitrogens is 2. The Kier molecular flexibility index (Phi) is 4.09. The Morgan fingerprint density at radius 2 is 2.37 bits per heavy atom. The van der Waals surface area contributed by atoms with Crippen LogP contribution in [0, 0.1) is 0 Å². The van der Waals surface area contributed by atoms with Gasteiger partial charge in [-0.05, 0) is 22.9 Å². The Labute approximate surface area is 118 Å². The van der Waals surface area contributed by atoms with Crippen LogP contribution in [0.15, 0.2) is 32.4 Å². The monoisotopic (exact) mass is 349 g/mol. The zero-order valence-corrected chi connectivity index (χ0v) is 12.3. The third kappa shape index (κ3) is 3.06. The first kappa shape index (κ1) is 14.3. The molecule has 0 saturated heterocycles. The second-order valence-electron chi connectivity index (χ2n) is 3.83. The second kappa shape index (κ2) is 5.45. The molecule has 0 amide bonds. The molecule has 2 aromatic heterocycles. The highest BCUT2D eigenvalue weighted by Gasteiger charge is 2.25. The molecule has 2 aromatic rings. The van der Waals surface area contributed by atoms with Crippen LogP contribution in [0.1, 0.15) is 24.6 Å². The van der Waals surface area contributed by atoms with Crippen LogP contribution in [0.3, 0.4) is 0 Å². The van der Waals surface area contributed by atoms with Gasteiger partial charge in [-0.25, -0.2) is 18.1 Å². The van der Waals surface area contributed by atoms with Crippen molar-refractivity contribution in [2.45, 2.75) is 24.5 Å². The minimum Gasteiger partial charge on any atom is -0.450 e. The summed E-state index contributed by atoms with van der Waals surface area (Å²) in [5.74, 6) is 0.670. The molecular weight excluding hydrogens is 338 g/mol. The number of sulfonamides is 1. The molecule has 9 heteroatoms. The van der Waals surface area contributed by atoms with Crippen molar-refractivity contribution in [2.24, 2.45) is 0 Å². The topological polar surface area (TPSA) is 108 Å². The third-order valence-electron chi connectivity index (χ3n) is 2.41. The standard InChI is InChI=1S/C10H12BrN3O4S/c1-6(10-12-2-3-13-10)14-19(16,17)8-4-7(5-15)18-9(8)11/h2-4,6,14-15H,5H2,1H3,(H,12,13). The van der Waals surface area contributed by atoms with Gasteiger partial charge in [0.2, 0.25) is 10.0 Å². The van der Waals surface area contributed by atoms with Crippen LogP contribution >= 0.6 is 15.9 Å². The maximum absolute atomic E-state index is 12.2. The number of imidazole rings is 1. The molecule has 3 N–H and O–H groups in total. The van der Waals surface area contributed by atoms with E-state index in [1.54, 1.807) is 13.1 Å². The van der Waals surface area contributed by atoms with Gasteiger partial charge in [0.25, 0.3) is 0 Å². The van der Waals surface area contributed by atoms with Crippen molar-refractivity contribution in [3.63, 3.8) is 0 Å². The number of H-pyrrole nitrogens is 1. The lowest BCUT2D eigenvalue weighted by molar-refractivity contribution is 0.245. The molecular formula is C10H12BrN3O4S. The van der Waals surface area contributed by atoms with E-state index in [1.165, 1.54) is 12.3 Å². The highest BCUT2D eigenvalue weighted by Crippen LogP contribution is 2.27. The molecule has 19 heavy (non-hydrogen) atoms. The van der Waals surface area contributed by atoms with Gasteiger partial charge in [0.05, 0.1) is 6.04 Å². The number of hydrogen-bond donors (Lipinski definition) is 3. The van der Waals surface area contributed by atoms with E-state index in [9.17, 15) is 8.42 Å². The van der Waals surface area contributed by atoms with Gasteiger partial charge in [-0.3, -0.25) is 0 Å². The highest BCUT2D eigenvalue weighted by molar-refractivity contribution is 9.10. The fraction of sp³-hybridized carbons (Fsp3) is 0.300. The highest BCUT2D eigenvalue weighted by atomic mass is 79.9. The van der Waals surface area contributed by atoms with Gasteiger partial charge < -0.3 is 14.5 Å². The summed E-state index contributed by atoms with van der Waals surface area (Å²) in [6.07, 6.45) is 3.15. The number of aliphatic hydroxyl groups excluding tert-OH is 1. The maximum Gasteiger partial charge on any atom is 0.245 e. The number of nitrogens with zero attached hydrogens (tertiary/aromatic N) is 1. The summed E-state index contributed by atoms with van der Waals surface area (Å²) < 4.78 is 31.9. The molecule has 0 aromatic carbocycles. The van der Waals surface area contributed by atoms with E-state index >= 15 is 0 Å². The zero-order chi connectivity index (χ0) is 14.0. The average Bonchev–Trinajstić information content (AvgIpc) is 2.96. The summed E-state index contributed by atoms with van der Waals surface area (Å²) in [4.78, 5) is 6.75. The van der Waals surface area contributed by atoms with E-state index in [0.29, 0.717) is 5.82 Å². The largest absolute Gasteiger partial charge is 0.450 e. The quantitative estimate of drug-likeness (QED) is 0.753. The number of rotatable bonds is 5. The van der Waals surface area contributed by atoms with E-state index in [2.05, 4.69) is 30.6 Å². The number of hydrogen-bond acceptors (Lipinski definition) is 5. The van der Waals surface area contributed by atoms with Crippen molar-refractivity contribution in [1.29, 1.82) is 0 Å². The summed E-state index contributed by atoms with van der Waals surface area (Å²) in [6.45, 7) is 1.29. The van der Waals surface area contributed by atoms with E-state index in [1.807, 2.05) is 0 Å². The van der Waals surface area contributed by atoms with Gasteiger partial charge in [-0.2, -0.15) is 0 Å². The number of nitrogens with one attached hydrogen (secondary N) is 2. The van der Waals surface area contributed by atoms with Crippen LogP contribution in [0.25, 0.3) is 0 Å². The van der Waals surface area contributed by atoms with Crippen molar-refractivity contribution in [2.75, 3.05) is 0 Å². The first-order chi connectivity index (χ1) is 8.94. The fourth-order valence-electron chi connectivity index (χ4n) is 1.53.